The molecule has 1 aliphatic carbocycles. The summed E-state index contributed by atoms with van der Waals surface area (Å²) in [5.41, 5.74) is 2.67. The van der Waals surface area contributed by atoms with Crippen molar-refractivity contribution in [2.45, 2.75) is 37.3 Å². The maximum atomic E-state index is 5.41. The first-order chi connectivity index (χ1) is 13.7. The number of rotatable bonds is 7. The maximum absolute atomic E-state index is 5.41. The average Bonchev–Trinajstić information content (AvgIpc) is 3.12. The molecule has 5 nitrogen and oxygen atoms in total. The van der Waals surface area contributed by atoms with Crippen molar-refractivity contribution >= 4 is 39.1 Å². The van der Waals surface area contributed by atoms with Gasteiger partial charge in [-0.3, -0.25) is 0 Å². The van der Waals surface area contributed by atoms with Gasteiger partial charge in [0.15, 0.2) is 16.7 Å². The van der Waals surface area contributed by atoms with E-state index in [4.69, 9.17) is 19.4 Å². The number of aromatic nitrogens is 2. The van der Waals surface area contributed by atoms with Crippen LogP contribution in [0, 0.1) is 0 Å². The SMILES string of the molecule is COc1ccc(CCNc2nc(SC)nc3sc4c(c23)CCCC4)cc1OC. The van der Waals surface area contributed by atoms with Gasteiger partial charge >= 0.3 is 0 Å². The fourth-order valence-corrected chi connectivity index (χ4v) is 5.40. The van der Waals surface area contributed by atoms with Gasteiger partial charge in [-0.25, -0.2) is 9.97 Å². The Morgan fingerprint density at radius 1 is 1.11 bits per heavy atom. The Morgan fingerprint density at radius 3 is 2.71 bits per heavy atom. The van der Waals surface area contributed by atoms with Crippen molar-refractivity contribution in [3.63, 3.8) is 0 Å². The first kappa shape index (κ1) is 19.3. The highest BCUT2D eigenvalue weighted by Crippen LogP contribution is 2.39. The van der Waals surface area contributed by atoms with Crippen LogP contribution in [-0.4, -0.2) is 37.0 Å². The number of anilines is 1. The molecule has 1 aliphatic rings. The standard InChI is InChI=1S/C21H25N3O2S2/c1-25-15-9-8-13(12-16(15)26-2)10-11-22-19-18-14-6-4-5-7-17(14)28-20(18)24-21(23-19)27-3/h8-9,12H,4-7,10-11H2,1-3H3,(H,22,23,24). The van der Waals surface area contributed by atoms with E-state index in [9.17, 15) is 0 Å². The van der Waals surface area contributed by atoms with E-state index < -0.39 is 0 Å². The van der Waals surface area contributed by atoms with Gasteiger partial charge in [-0.2, -0.15) is 0 Å². The lowest BCUT2D eigenvalue weighted by Crippen LogP contribution is -2.09. The third-order valence-corrected chi connectivity index (χ3v) is 6.86. The summed E-state index contributed by atoms with van der Waals surface area (Å²) in [6.45, 7) is 0.806. The molecule has 4 rings (SSSR count). The zero-order chi connectivity index (χ0) is 19.5. The van der Waals surface area contributed by atoms with Crippen LogP contribution in [0.4, 0.5) is 5.82 Å². The number of fused-ring (bicyclic) bond motifs is 3. The van der Waals surface area contributed by atoms with Crippen LogP contribution in [0.25, 0.3) is 10.2 Å². The molecule has 0 atom stereocenters. The summed E-state index contributed by atoms with van der Waals surface area (Å²) in [4.78, 5) is 12.2. The second-order valence-electron chi connectivity index (χ2n) is 6.82. The Balaban J connectivity index is 1.57. The summed E-state index contributed by atoms with van der Waals surface area (Å²) < 4.78 is 10.7. The monoisotopic (exact) mass is 415 g/mol. The summed E-state index contributed by atoms with van der Waals surface area (Å²) in [6, 6.07) is 6.08. The molecule has 1 N–H and O–H groups in total. The minimum absolute atomic E-state index is 0.756. The molecule has 2 heterocycles. The van der Waals surface area contributed by atoms with Crippen molar-refractivity contribution < 1.29 is 9.47 Å². The van der Waals surface area contributed by atoms with Gasteiger partial charge in [0.05, 0.1) is 19.6 Å². The number of hydrogen-bond donors (Lipinski definition) is 1. The van der Waals surface area contributed by atoms with Crippen LogP contribution in [0.2, 0.25) is 0 Å². The molecule has 0 amide bonds. The zero-order valence-corrected chi connectivity index (χ0v) is 18.1. The van der Waals surface area contributed by atoms with Gasteiger partial charge in [0, 0.05) is 11.4 Å². The van der Waals surface area contributed by atoms with Crippen LogP contribution < -0.4 is 14.8 Å². The van der Waals surface area contributed by atoms with E-state index in [0.717, 1.165) is 46.7 Å². The summed E-state index contributed by atoms with van der Waals surface area (Å²) in [5.74, 6) is 2.50. The van der Waals surface area contributed by atoms with Crippen LogP contribution in [-0.2, 0) is 19.3 Å². The average molecular weight is 416 g/mol. The van der Waals surface area contributed by atoms with Crippen LogP contribution in [0.1, 0.15) is 28.8 Å². The first-order valence-electron chi connectivity index (χ1n) is 9.54. The molecule has 0 unspecified atom stereocenters. The van der Waals surface area contributed by atoms with E-state index in [-0.39, 0.29) is 0 Å². The van der Waals surface area contributed by atoms with Crippen LogP contribution in [0.3, 0.4) is 0 Å². The van der Waals surface area contributed by atoms with Crippen LogP contribution in [0.5, 0.6) is 11.5 Å². The fourth-order valence-electron chi connectivity index (χ4n) is 3.72. The summed E-state index contributed by atoms with van der Waals surface area (Å²) >= 11 is 3.44. The smallest absolute Gasteiger partial charge is 0.190 e. The van der Waals surface area contributed by atoms with Gasteiger partial charge in [-0.15, -0.1) is 11.3 Å². The number of thioether (sulfide) groups is 1. The second-order valence-corrected chi connectivity index (χ2v) is 8.67. The fraction of sp³-hybridized carbons (Fsp3) is 0.429. The number of hydrogen-bond acceptors (Lipinski definition) is 7. The third kappa shape index (κ3) is 3.78. The van der Waals surface area contributed by atoms with Crippen molar-refractivity contribution in [2.75, 3.05) is 32.3 Å². The third-order valence-electron chi connectivity index (χ3n) is 5.13. The highest BCUT2D eigenvalue weighted by atomic mass is 32.2. The molecule has 148 valence electrons. The molecule has 0 saturated heterocycles. The molecule has 3 aromatic rings. The van der Waals surface area contributed by atoms with E-state index in [1.54, 1.807) is 26.0 Å². The number of nitrogens with zero attached hydrogens (tertiary/aromatic N) is 2. The lowest BCUT2D eigenvalue weighted by Gasteiger charge is -2.13. The van der Waals surface area contributed by atoms with Crippen LogP contribution >= 0.6 is 23.1 Å². The predicted octanol–water partition coefficient (Wildman–Crippen LogP) is 4.96. The number of aryl methyl sites for hydroxylation is 2. The topological polar surface area (TPSA) is 56.3 Å². The Hall–Kier alpha value is -1.99. The molecule has 2 aromatic heterocycles. The lowest BCUT2D eigenvalue weighted by molar-refractivity contribution is 0.354. The first-order valence-corrected chi connectivity index (χ1v) is 11.6. The van der Waals surface area contributed by atoms with Gasteiger partial charge in [-0.05, 0) is 61.6 Å². The highest BCUT2D eigenvalue weighted by molar-refractivity contribution is 7.98. The van der Waals surface area contributed by atoms with E-state index >= 15 is 0 Å². The van der Waals surface area contributed by atoms with E-state index in [1.807, 2.05) is 29.7 Å². The molecule has 1 aromatic carbocycles. The number of nitrogens with one attached hydrogen (secondary N) is 1. The van der Waals surface area contributed by atoms with Crippen molar-refractivity contribution in [2.24, 2.45) is 0 Å². The Labute approximate surface area is 173 Å². The molecular formula is C21H25N3O2S2. The Kier molecular flexibility index (Phi) is 5.92. The summed E-state index contributed by atoms with van der Waals surface area (Å²) in [7, 11) is 3.32. The second kappa shape index (κ2) is 8.57. The molecule has 0 aliphatic heterocycles. The Morgan fingerprint density at radius 2 is 1.93 bits per heavy atom. The van der Waals surface area contributed by atoms with Crippen molar-refractivity contribution in [1.82, 2.24) is 9.97 Å². The van der Waals surface area contributed by atoms with E-state index in [0.29, 0.717) is 0 Å². The van der Waals surface area contributed by atoms with E-state index in [2.05, 4.69) is 11.4 Å². The van der Waals surface area contributed by atoms with Crippen molar-refractivity contribution in [3.8, 4) is 11.5 Å². The molecule has 0 spiro atoms. The van der Waals surface area contributed by atoms with Gasteiger partial charge in [0.1, 0.15) is 10.6 Å². The maximum Gasteiger partial charge on any atom is 0.190 e. The number of methoxy groups -OCH3 is 2. The predicted molar refractivity (Wildman–Crippen MR) is 118 cm³/mol. The molecule has 0 bridgehead atoms. The zero-order valence-electron chi connectivity index (χ0n) is 16.5. The highest BCUT2D eigenvalue weighted by Gasteiger charge is 2.21. The van der Waals surface area contributed by atoms with Gasteiger partial charge in [-0.1, -0.05) is 17.8 Å². The van der Waals surface area contributed by atoms with Crippen molar-refractivity contribution in [3.05, 3.63) is 34.2 Å². The number of ether oxygens (including phenoxy) is 2. The summed E-state index contributed by atoms with van der Waals surface area (Å²) in [6.07, 6.45) is 7.77. The minimum atomic E-state index is 0.756. The lowest BCUT2D eigenvalue weighted by atomic mass is 9.97. The van der Waals surface area contributed by atoms with Gasteiger partial charge in [0.25, 0.3) is 0 Å². The molecule has 0 fully saturated rings. The normalized spacial score (nSPS) is 13.4. The van der Waals surface area contributed by atoms with Gasteiger partial charge in [0.2, 0.25) is 0 Å². The Bertz CT molecular complexity index is 987. The van der Waals surface area contributed by atoms with Crippen molar-refractivity contribution in [1.29, 1.82) is 0 Å². The quantitative estimate of drug-likeness (QED) is 0.435. The minimum Gasteiger partial charge on any atom is -0.493 e. The molecule has 28 heavy (non-hydrogen) atoms. The largest absolute Gasteiger partial charge is 0.493 e. The molecule has 0 saturated carbocycles. The molecule has 7 heteroatoms. The molecular weight excluding hydrogens is 390 g/mol. The van der Waals surface area contributed by atoms with Gasteiger partial charge < -0.3 is 14.8 Å². The van der Waals surface area contributed by atoms with Crippen LogP contribution in [0.15, 0.2) is 23.4 Å². The summed E-state index contributed by atoms with van der Waals surface area (Å²) in [5, 5.41) is 5.66. The van der Waals surface area contributed by atoms with E-state index in [1.165, 1.54) is 40.7 Å². The number of benzene rings is 1. The molecule has 0 radical (unpaired) electrons. The number of thiophene rings is 1.